The van der Waals surface area contributed by atoms with Crippen molar-refractivity contribution in [3.05, 3.63) is 95.6 Å². The maximum absolute atomic E-state index is 14.1. The Bertz CT molecular complexity index is 1760. The smallest absolute Gasteiger partial charge is 0.412 e. The van der Waals surface area contributed by atoms with Gasteiger partial charge in [-0.25, -0.2) is 4.79 Å². The Kier molecular flexibility index (Phi) is 7.36. The van der Waals surface area contributed by atoms with Crippen molar-refractivity contribution in [2.45, 2.75) is 50.0 Å². The van der Waals surface area contributed by atoms with Crippen LogP contribution < -0.4 is 10.6 Å². The second-order valence-corrected chi connectivity index (χ2v) is 13.0. The summed E-state index contributed by atoms with van der Waals surface area (Å²) in [5.74, 6) is -2.67. The molecule has 2 unspecified atom stereocenters. The van der Waals surface area contributed by atoms with Crippen LogP contribution >= 0.6 is 0 Å². The van der Waals surface area contributed by atoms with Crippen LogP contribution in [0, 0.1) is 5.92 Å². The molecule has 2 aliphatic rings. The molecule has 0 saturated heterocycles. The largest absolute Gasteiger partial charge is 0.444 e. The highest BCUT2D eigenvalue weighted by Crippen LogP contribution is 2.42. The molecule has 2 atom stereocenters. The third-order valence-corrected chi connectivity index (χ3v) is 8.48. The van der Waals surface area contributed by atoms with Crippen molar-refractivity contribution < 1.29 is 27.5 Å². The zero-order valence-corrected chi connectivity index (χ0v) is 24.5. The van der Waals surface area contributed by atoms with Crippen LogP contribution in [0.25, 0.3) is 6.08 Å². The number of anilines is 2. The van der Waals surface area contributed by atoms with E-state index in [4.69, 9.17) is 4.74 Å². The molecule has 3 aromatic rings. The molecule has 1 aliphatic heterocycles. The fraction of sp³-hybridized carbons (Fsp3) is 0.250. The topological polar surface area (TPSA) is 131 Å². The van der Waals surface area contributed by atoms with Crippen LogP contribution in [0.2, 0.25) is 0 Å². The van der Waals surface area contributed by atoms with Gasteiger partial charge in [-0.15, -0.1) is 4.40 Å². The molecule has 10 heteroatoms. The van der Waals surface area contributed by atoms with Gasteiger partial charge in [-0.2, -0.15) is 8.42 Å². The van der Waals surface area contributed by atoms with E-state index in [0.717, 1.165) is 5.56 Å². The third kappa shape index (κ3) is 5.62. The van der Waals surface area contributed by atoms with Crippen molar-refractivity contribution in [1.29, 1.82) is 0 Å². The Balaban J connectivity index is 1.48. The lowest BCUT2D eigenvalue weighted by molar-refractivity contribution is -0.125. The van der Waals surface area contributed by atoms with Crippen LogP contribution in [0.15, 0.2) is 88.2 Å². The number of allylic oxidation sites excluding steroid dienone is 1. The van der Waals surface area contributed by atoms with Crippen molar-refractivity contribution in [1.82, 2.24) is 0 Å². The van der Waals surface area contributed by atoms with E-state index in [1.807, 2.05) is 42.5 Å². The molecule has 3 aromatic carbocycles. The lowest BCUT2D eigenvalue weighted by atomic mass is 9.63. The predicted molar refractivity (Wildman–Crippen MR) is 161 cm³/mol. The molecule has 0 bridgehead atoms. The van der Waals surface area contributed by atoms with Crippen LogP contribution in [0.4, 0.5) is 16.2 Å². The Hall–Kier alpha value is -4.57. The van der Waals surface area contributed by atoms with Gasteiger partial charge in [0.15, 0.2) is 11.6 Å². The van der Waals surface area contributed by atoms with Gasteiger partial charge in [0.1, 0.15) is 22.3 Å². The summed E-state index contributed by atoms with van der Waals surface area (Å²) in [6.07, 6.45) is 3.34. The number of amidine groups is 1. The number of fused-ring (bicyclic) bond motifs is 2. The summed E-state index contributed by atoms with van der Waals surface area (Å²) in [5.41, 5.74) is 0.369. The number of amides is 1. The van der Waals surface area contributed by atoms with Crippen molar-refractivity contribution in [3.63, 3.8) is 0 Å². The van der Waals surface area contributed by atoms with Crippen LogP contribution in [-0.2, 0) is 25.0 Å². The molecular formula is C32H31N3O6S. The minimum Gasteiger partial charge on any atom is -0.444 e. The average Bonchev–Trinajstić information content (AvgIpc) is 2.92. The van der Waals surface area contributed by atoms with Gasteiger partial charge in [-0.1, -0.05) is 66.7 Å². The van der Waals surface area contributed by atoms with Gasteiger partial charge in [0.25, 0.3) is 10.0 Å². The lowest BCUT2D eigenvalue weighted by Gasteiger charge is -2.38. The van der Waals surface area contributed by atoms with Crippen LogP contribution in [0.3, 0.4) is 0 Å². The van der Waals surface area contributed by atoms with Gasteiger partial charge in [0.2, 0.25) is 0 Å². The normalized spacial score (nSPS) is 21.1. The number of nitrogens with one attached hydrogen (secondary N) is 2. The van der Waals surface area contributed by atoms with Crippen molar-refractivity contribution >= 4 is 51.0 Å². The zero-order valence-electron chi connectivity index (χ0n) is 23.7. The second kappa shape index (κ2) is 10.7. The number of ether oxygens (including phenoxy) is 1. The molecule has 0 aromatic heterocycles. The maximum atomic E-state index is 14.1. The molecule has 1 aliphatic carbocycles. The number of rotatable bonds is 5. The highest BCUT2D eigenvalue weighted by atomic mass is 32.2. The molecule has 0 spiro atoms. The lowest BCUT2D eigenvalue weighted by Crippen LogP contribution is -2.51. The predicted octanol–water partition coefficient (Wildman–Crippen LogP) is 5.99. The summed E-state index contributed by atoms with van der Waals surface area (Å²) >= 11 is 0. The van der Waals surface area contributed by atoms with Gasteiger partial charge in [0.05, 0.1) is 11.1 Å². The third-order valence-electron chi connectivity index (χ3n) is 7.15. The molecule has 1 amide bonds. The molecule has 1 heterocycles. The monoisotopic (exact) mass is 585 g/mol. The molecule has 2 N–H and O–H groups in total. The number of nitrogens with zero attached hydrogens (tertiary/aromatic N) is 1. The number of carbonyl (C=O) groups excluding carboxylic acids is 3. The second-order valence-electron chi connectivity index (χ2n) is 11.5. The molecule has 5 rings (SSSR count). The summed E-state index contributed by atoms with van der Waals surface area (Å²) in [5, 5.41) is 5.43. The fourth-order valence-electron chi connectivity index (χ4n) is 5.16. The van der Waals surface area contributed by atoms with E-state index in [-0.39, 0.29) is 28.5 Å². The minimum absolute atomic E-state index is 0.139. The Morgan fingerprint density at radius 2 is 1.74 bits per heavy atom. The molecule has 216 valence electrons. The number of sulfonamides is 1. The molecule has 9 nitrogen and oxygen atoms in total. The molecule has 0 radical (unpaired) electrons. The molecule has 42 heavy (non-hydrogen) atoms. The first-order valence-electron chi connectivity index (χ1n) is 13.4. The number of carbonyl (C=O) groups is 3. The van der Waals surface area contributed by atoms with Gasteiger partial charge < -0.3 is 10.1 Å². The Morgan fingerprint density at radius 3 is 2.45 bits per heavy atom. The van der Waals surface area contributed by atoms with E-state index >= 15 is 0 Å². The van der Waals surface area contributed by atoms with E-state index < -0.39 is 44.6 Å². The average molecular weight is 586 g/mol. The SMILES string of the molecule is CC(C)(C)OC(=O)Nc1ccc2c(c1)S(=O)(=O)N=C(C1C(=O)c3ccccc3C(C)(CC=Cc3ccccc3)C1=O)N2. The highest BCUT2D eigenvalue weighted by Gasteiger charge is 2.51. The molecule has 0 saturated carbocycles. The van der Waals surface area contributed by atoms with E-state index in [9.17, 15) is 22.8 Å². The van der Waals surface area contributed by atoms with Gasteiger partial charge in [0, 0.05) is 11.3 Å². The summed E-state index contributed by atoms with van der Waals surface area (Å²) in [6, 6.07) is 20.7. The van der Waals surface area contributed by atoms with E-state index in [0.29, 0.717) is 11.1 Å². The van der Waals surface area contributed by atoms with E-state index in [2.05, 4.69) is 15.0 Å². The Morgan fingerprint density at radius 1 is 1.05 bits per heavy atom. The van der Waals surface area contributed by atoms with Crippen LogP contribution in [0.5, 0.6) is 0 Å². The van der Waals surface area contributed by atoms with E-state index in [1.165, 1.54) is 18.2 Å². The first-order valence-corrected chi connectivity index (χ1v) is 14.9. The zero-order chi connectivity index (χ0) is 30.3. The van der Waals surface area contributed by atoms with Crippen molar-refractivity contribution in [3.8, 4) is 0 Å². The quantitative estimate of drug-likeness (QED) is 0.352. The van der Waals surface area contributed by atoms with Crippen LogP contribution in [0.1, 0.15) is 55.6 Å². The summed E-state index contributed by atoms with van der Waals surface area (Å²) < 4.78 is 35.8. The summed E-state index contributed by atoms with van der Waals surface area (Å²) in [6.45, 7) is 6.89. The van der Waals surface area contributed by atoms with Crippen LogP contribution in [-0.4, -0.2) is 37.5 Å². The first kappa shape index (κ1) is 28.9. The summed E-state index contributed by atoms with van der Waals surface area (Å²) in [4.78, 5) is 39.8. The summed E-state index contributed by atoms with van der Waals surface area (Å²) in [7, 11) is -4.33. The number of hydrogen-bond donors (Lipinski definition) is 2. The molecule has 0 fully saturated rings. The standard InChI is InChI=1S/C32H31N3O6S/c1-31(2,3)41-30(38)33-21-16-17-24-25(19-21)42(39,40)35-29(34-24)26-27(36)22-14-8-9-15-23(22)32(4,28(26)37)18-10-13-20-11-6-5-7-12-20/h5-17,19,26H,18H2,1-4H3,(H,33,38)(H,34,35). The minimum atomic E-state index is -4.33. The number of ketones is 2. The van der Waals surface area contributed by atoms with Gasteiger partial charge in [-0.3, -0.25) is 14.9 Å². The number of Topliss-reactive ketones (excluding diaryl/α,β-unsaturated/α-hetero) is 2. The number of hydrogen-bond acceptors (Lipinski definition) is 7. The van der Waals surface area contributed by atoms with Crippen molar-refractivity contribution in [2.75, 3.05) is 10.6 Å². The van der Waals surface area contributed by atoms with E-state index in [1.54, 1.807) is 52.0 Å². The van der Waals surface area contributed by atoms with Gasteiger partial charge >= 0.3 is 6.09 Å². The number of benzene rings is 3. The fourth-order valence-corrected chi connectivity index (χ4v) is 6.34. The maximum Gasteiger partial charge on any atom is 0.412 e. The first-order chi connectivity index (χ1) is 19.8. The Labute approximate surface area is 244 Å². The van der Waals surface area contributed by atoms with Crippen molar-refractivity contribution in [2.24, 2.45) is 10.3 Å². The highest BCUT2D eigenvalue weighted by molar-refractivity contribution is 7.90. The molecular weight excluding hydrogens is 554 g/mol. The van der Waals surface area contributed by atoms with Gasteiger partial charge in [-0.05, 0) is 63.4 Å².